The maximum Gasteiger partial charge on any atom is 0.289 e. The van der Waals surface area contributed by atoms with E-state index in [1.807, 2.05) is 29.2 Å². The largest absolute Gasteiger partial charge is 0.459 e. The number of hydrogen-bond acceptors (Lipinski definition) is 4. The minimum atomic E-state index is -0.0278. The summed E-state index contributed by atoms with van der Waals surface area (Å²) in [4.78, 5) is 16.7. The van der Waals surface area contributed by atoms with Crippen molar-refractivity contribution in [3.8, 4) is 11.5 Å². The molecule has 0 N–H and O–H groups in total. The van der Waals surface area contributed by atoms with Crippen LogP contribution in [0, 0.1) is 0 Å². The predicted octanol–water partition coefficient (Wildman–Crippen LogP) is 5.54. The number of carbonyl (C=O) groups is 1. The highest BCUT2D eigenvalue weighted by Crippen LogP contribution is 2.32. The van der Waals surface area contributed by atoms with Crippen LogP contribution in [0.2, 0.25) is 0 Å². The van der Waals surface area contributed by atoms with Crippen molar-refractivity contribution in [3.05, 3.63) is 83.8 Å². The molecule has 1 aromatic heterocycles. The van der Waals surface area contributed by atoms with Gasteiger partial charge in [-0.3, -0.25) is 9.69 Å². The summed E-state index contributed by atoms with van der Waals surface area (Å²) in [5, 5.41) is 0. The number of carbonyl (C=O) groups excluding carboxylic acids is 1. The first-order valence-electron chi connectivity index (χ1n) is 11.0. The van der Waals surface area contributed by atoms with Gasteiger partial charge in [-0.1, -0.05) is 44.2 Å². The van der Waals surface area contributed by atoms with E-state index in [4.69, 9.17) is 9.15 Å². The first-order chi connectivity index (χ1) is 15.1. The maximum absolute atomic E-state index is 12.4. The Bertz CT molecular complexity index is 991. The summed E-state index contributed by atoms with van der Waals surface area (Å²) < 4.78 is 11.5. The van der Waals surface area contributed by atoms with Gasteiger partial charge < -0.3 is 14.1 Å². The van der Waals surface area contributed by atoms with Crippen LogP contribution in [0.3, 0.4) is 0 Å². The van der Waals surface area contributed by atoms with Gasteiger partial charge in [-0.15, -0.1) is 0 Å². The first-order valence-corrected chi connectivity index (χ1v) is 11.0. The molecule has 162 valence electrons. The van der Waals surface area contributed by atoms with Crippen LogP contribution in [0.1, 0.15) is 47.9 Å². The van der Waals surface area contributed by atoms with Gasteiger partial charge in [-0.2, -0.15) is 0 Å². The highest BCUT2D eigenvalue weighted by Gasteiger charge is 2.23. The van der Waals surface area contributed by atoms with Gasteiger partial charge in [-0.05, 0) is 53.8 Å². The number of furan rings is 1. The molecule has 1 aliphatic heterocycles. The molecule has 0 spiro atoms. The summed E-state index contributed by atoms with van der Waals surface area (Å²) in [7, 11) is 0. The lowest BCUT2D eigenvalue weighted by Crippen LogP contribution is -2.48. The van der Waals surface area contributed by atoms with Gasteiger partial charge >= 0.3 is 0 Å². The number of piperazine rings is 1. The summed E-state index contributed by atoms with van der Waals surface area (Å²) in [6, 6.07) is 20.1. The molecular weight excluding hydrogens is 388 g/mol. The average Bonchev–Trinajstić information content (AvgIpc) is 3.34. The molecule has 2 aromatic carbocycles. The van der Waals surface area contributed by atoms with Crippen LogP contribution in [0.4, 0.5) is 0 Å². The fourth-order valence-electron chi connectivity index (χ4n) is 3.96. The van der Waals surface area contributed by atoms with Crippen molar-refractivity contribution >= 4 is 5.91 Å². The SMILES string of the molecule is CCC(C)c1ccccc1Oc1cccc(CN2CCN(C(=O)c3ccco3)CC2)c1. The summed E-state index contributed by atoms with van der Waals surface area (Å²) >= 11 is 0. The van der Waals surface area contributed by atoms with E-state index in [9.17, 15) is 4.79 Å². The molecule has 0 saturated carbocycles. The van der Waals surface area contributed by atoms with E-state index in [2.05, 4.69) is 43.0 Å². The van der Waals surface area contributed by atoms with E-state index in [0.717, 1.165) is 37.6 Å². The van der Waals surface area contributed by atoms with Gasteiger partial charge in [0.15, 0.2) is 5.76 Å². The molecule has 1 amide bonds. The van der Waals surface area contributed by atoms with Crippen LogP contribution in [0.5, 0.6) is 11.5 Å². The third-order valence-corrected chi connectivity index (χ3v) is 5.99. The van der Waals surface area contributed by atoms with Gasteiger partial charge in [-0.25, -0.2) is 0 Å². The van der Waals surface area contributed by atoms with Crippen molar-refractivity contribution in [3.63, 3.8) is 0 Å². The molecule has 0 radical (unpaired) electrons. The number of rotatable bonds is 7. The average molecular weight is 419 g/mol. The van der Waals surface area contributed by atoms with Gasteiger partial charge in [0, 0.05) is 32.7 Å². The Balaban J connectivity index is 1.36. The Kier molecular flexibility index (Phi) is 6.73. The van der Waals surface area contributed by atoms with Crippen LogP contribution in [-0.4, -0.2) is 41.9 Å². The number of ether oxygens (including phenoxy) is 1. The zero-order valence-corrected chi connectivity index (χ0v) is 18.3. The third kappa shape index (κ3) is 5.17. The molecule has 0 aliphatic carbocycles. The number of amides is 1. The smallest absolute Gasteiger partial charge is 0.289 e. The lowest BCUT2D eigenvalue weighted by Gasteiger charge is -2.34. The summed E-state index contributed by atoms with van der Waals surface area (Å²) in [6.45, 7) is 8.37. The van der Waals surface area contributed by atoms with Crippen LogP contribution in [0.25, 0.3) is 0 Å². The minimum Gasteiger partial charge on any atom is -0.459 e. The first kappa shape index (κ1) is 21.2. The van der Waals surface area contributed by atoms with Crippen molar-refractivity contribution < 1.29 is 13.9 Å². The normalized spacial score (nSPS) is 15.6. The van der Waals surface area contributed by atoms with E-state index >= 15 is 0 Å². The standard InChI is InChI=1S/C26H30N2O3/c1-3-20(2)23-10-4-5-11-24(23)31-22-9-6-8-21(18-22)19-27-13-15-28(16-14-27)26(29)25-12-7-17-30-25/h4-12,17-18,20H,3,13-16,19H2,1-2H3. The monoisotopic (exact) mass is 418 g/mol. The molecule has 1 unspecified atom stereocenters. The molecule has 5 nitrogen and oxygen atoms in total. The molecule has 31 heavy (non-hydrogen) atoms. The van der Waals surface area contributed by atoms with Crippen LogP contribution in [-0.2, 0) is 6.54 Å². The Morgan fingerprint density at radius 1 is 1.03 bits per heavy atom. The van der Waals surface area contributed by atoms with Crippen LogP contribution in [0.15, 0.2) is 71.3 Å². The fraction of sp³-hybridized carbons (Fsp3) is 0.346. The molecule has 3 aromatic rings. The maximum atomic E-state index is 12.4. The molecule has 1 saturated heterocycles. The van der Waals surface area contributed by atoms with Crippen LogP contribution >= 0.6 is 0 Å². The number of nitrogens with zero attached hydrogens (tertiary/aromatic N) is 2. The van der Waals surface area contributed by atoms with E-state index in [0.29, 0.717) is 24.8 Å². The zero-order valence-electron chi connectivity index (χ0n) is 18.3. The quantitative estimate of drug-likeness (QED) is 0.505. The van der Waals surface area contributed by atoms with Crippen molar-refractivity contribution in [1.82, 2.24) is 9.80 Å². The van der Waals surface area contributed by atoms with Gasteiger partial charge in [0.1, 0.15) is 11.5 Å². The molecule has 1 atom stereocenters. The van der Waals surface area contributed by atoms with Gasteiger partial charge in [0.2, 0.25) is 0 Å². The molecular formula is C26H30N2O3. The Labute approximate surface area is 184 Å². The summed E-state index contributed by atoms with van der Waals surface area (Å²) in [5.74, 6) is 2.63. The van der Waals surface area contributed by atoms with Gasteiger partial charge in [0.05, 0.1) is 6.26 Å². The second-order valence-corrected chi connectivity index (χ2v) is 8.14. The van der Waals surface area contributed by atoms with E-state index in [1.165, 1.54) is 11.1 Å². The fourth-order valence-corrected chi connectivity index (χ4v) is 3.96. The van der Waals surface area contributed by atoms with E-state index < -0.39 is 0 Å². The van der Waals surface area contributed by atoms with Crippen molar-refractivity contribution in [1.29, 1.82) is 0 Å². The summed E-state index contributed by atoms with van der Waals surface area (Å²) in [6.07, 6.45) is 2.62. The van der Waals surface area contributed by atoms with Gasteiger partial charge in [0.25, 0.3) is 5.91 Å². The summed E-state index contributed by atoms with van der Waals surface area (Å²) in [5.41, 5.74) is 2.46. The molecule has 5 heteroatoms. The van der Waals surface area contributed by atoms with E-state index in [-0.39, 0.29) is 5.91 Å². The highest BCUT2D eigenvalue weighted by atomic mass is 16.5. The molecule has 1 fully saturated rings. The predicted molar refractivity (Wildman–Crippen MR) is 122 cm³/mol. The van der Waals surface area contributed by atoms with E-state index in [1.54, 1.807) is 18.4 Å². The Morgan fingerprint density at radius 3 is 2.58 bits per heavy atom. The lowest BCUT2D eigenvalue weighted by molar-refractivity contribution is 0.0598. The molecule has 0 bridgehead atoms. The van der Waals surface area contributed by atoms with Crippen molar-refractivity contribution in [2.24, 2.45) is 0 Å². The highest BCUT2D eigenvalue weighted by molar-refractivity contribution is 5.91. The number of para-hydroxylation sites is 1. The Hall–Kier alpha value is -3.05. The lowest BCUT2D eigenvalue weighted by atomic mass is 9.98. The zero-order chi connectivity index (χ0) is 21.6. The van der Waals surface area contributed by atoms with Crippen LogP contribution < -0.4 is 4.74 Å². The number of benzene rings is 2. The molecule has 4 rings (SSSR count). The Morgan fingerprint density at radius 2 is 1.84 bits per heavy atom. The molecule has 2 heterocycles. The second kappa shape index (κ2) is 9.84. The number of hydrogen-bond donors (Lipinski definition) is 0. The van der Waals surface area contributed by atoms with Crippen molar-refractivity contribution in [2.45, 2.75) is 32.7 Å². The molecule has 1 aliphatic rings. The second-order valence-electron chi connectivity index (χ2n) is 8.14. The topological polar surface area (TPSA) is 45.9 Å². The minimum absolute atomic E-state index is 0.0278. The van der Waals surface area contributed by atoms with Crippen molar-refractivity contribution in [2.75, 3.05) is 26.2 Å². The third-order valence-electron chi connectivity index (χ3n) is 5.99.